The number of methoxy groups -OCH3 is 1. The van der Waals surface area contributed by atoms with Gasteiger partial charge in [-0.1, -0.05) is 72.2 Å². The molecule has 0 saturated heterocycles. The van der Waals surface area contributed by atoms with Crippen LogP contribution in [0.25, 0.3) is 0 Å². The molecule has 0 radical (unpaired) electrons. The number of hydrogen-bond acceptors (Lipinski definition) is 6. The Morgan fingerprint density at radius 2 is 1.74 bits per heavy atom. The highest BCUT2D eigenvalue weighted by molar-refractivity contribution is 9.10. The monoisotopic (exact) mass is 538 g/mol. The van der Waals surface area contributed by atoms with Gasteiger partial charge in [0.1, 0.15) is 11.5 Å². The van der Waals surface area contributed by atoms with Crippen molar-refractivity contribution < 1.29 is 19.7 Å². The third kappa shape index (κ3) is 3.44. The van der Waals surface area contributed by atoms with Gasteiger partial charge < -0.3 is 24.6 Å². The number of aliphatic hydroxyl groups is 2. The molecule has 5 atom stereocenters. The van der Waals surface area contributed by atoms with Gasteiger partial charge in [-0.3, -0.25) is 4.98 Å². The average molecular weight is 539 g/mol. The largest absolute Gasteiger partial charge is 0.495 e. The minimum atomic E-state index is -1.76. The van der Waals surface area contributed by atoms with E-state index < -0.39 is 17.3 Å². The van der Waals surface area contributed by atoms with Crippen LogP contribution in [0, 0.1) is 5.92 Å². The number of nitrogens with zero attached hydrogens (tertiary/aromatic N) is 2. The molecule has 2 aromatic carbocycles. The lowest BCUT2D eigenvalue weighted by atomic mass is 9.70. The average Bonchev–Trinajstić information content (AvgIpc) is 3.26. The second-order valence-electron chi connectivity index (χ2n) is 9.31. The van der Waals surface area contributed by atoms with E-state index in [1.165, 1.54) is 0 Å². The molecule has 184 valence electrons. The van der Waals surface area contributed by atoms with Crippen LogP contribution in [-0.4, -0.2) is 52.9 Å². The van der Waals surface area contributed by atoms with Gasteiger partial charge in [0.25, 0.3) is 0 Å². The van der Waals surface area contributed by atoms with E-state index in [-0.39, 0.29) is 11.8 Å². The molecule has 2 heterocycles. The first-order chi connectivity index (χ1) is 16.9. The summed E-state index contributed by atoms with van der Waals surface area (Å²) >= 11 is 3.53. The highest BCUT2D eigenvalue weighted by Gasteiger charge is 2.76. The number of halogens is 1. The summed E-state index contributed by atoms with van der Waals surface area (Å²) in [5, 5.41) is 24.9. The molecule has 1 fully saturated rings. The third-order valence-corrected chi connectivity index (χ3v) is 8.34. The molecule has 1 aliphatic carbocycles. The fourth-order valence-corrected chi connectivity index (χ4v) is 6.48. The lowest BCUT2D eigenvalue weighted by Gasteiger charge is -2.41. The number of pyridine rings is 1. The lowest BCUT2D eigenvalue weighted by molar-refractivity contribution is -0.152. The summed E-state index contributed by atoms with van der Waals surface area (Å²) in [5.74, 6) is 0.175. The molecular formula is C28H31BrN2O4. The maximum atomic E-state index is 12.8. The van der Waals surface area contributed by atoms with Crippen LogP contribution < -0.4 is 9.47 Å². The van der Waals surface area contributed by atoms with Crippen LogP contribution in [0.5, 0.6) is 11.5 Å². The second-order valence-corrected chi connectivity index (χ2v) is 10.2. The molecule has 0 bridgehead atoms. The van der Waals surface area contributed by atoms with E-state index in [0.29, 0.717) is 23.6 Å². The van der Waals surface area contributed by atoms with Crippen molar-refractivity contribution in [3.8, 4) is 11.5 Å². The fourth-order valence-electron chi connectivity index (χ4n) is 6.21. The van der Waals surface area contributed by atoms with Crippen molar-refractivity contribution in [1.29, 1.82) is 0 Å². The molecule has 2 N–H and O–H groups in total. The molecular weight excluding hydrogens is 508 g/mol. The summed E-state index contributed by atoms with van der Waals surface area (Å²) in [5.41, 5.74) is -0.805. The Kier molecular flexibility index (Phi) is 6.38. The molecule has 7 heteroatoms. The van der Waals surface area contributed by atoms with Crippen molar-refractivity contribution in [3.63, 3.8) is 0 Å². The molecule has 1 saturated carbocycles. The molecule has 2 aliphatic rings. The van der Waals surface area contributed by atoms with Gasteiger partial charge in [-0.2, -0.15) is 0 Å². The summed E-state index contributed by atoms with van der Waals surface area (Å²) in [6.07, 6.45) is 2.05. The SMILES string of the molecule is CCN(CC)C[C@H]1[C@@H](O)[C@@]2(O)c3c(OC)cncc3O[C@@]2(c2ccc(Br)cc2)[C@@H]1c1ccccc1. The maximum absolute atomic E-state index is 12.8. The molecule has 3 aromatic rings. The number of fused-ring (bicyclic) bond motifs is 3. The van der Waals surface area contributed by atoms with Crippen molar-refractivity contribution in [3.05, 3.63) is 88.2 Å². The van der Waals surface area contributed by atoms with Crippen molar-refractivity contribution in [2.24, 2.45) is 5.92 Å². The molecule has 0 spiro atoms. The number of ether oxygens (including phenoxy) is 2. The van der Waals surface area contributed by atoms with Gasteiger partial charge in [0.2, 0.25) is 0 Å². The first-order valence-electron chi connectivity index (χ1n) is 12.1. The van der Waals surface area contributed by atoms with Crippen LogP contribution in [0.1, 0.15) is 36.5 Å². The summed E-state index contributed by atoms with van der Waals surface area (Å²) in [6.45, 7) is 6.53. The van der Waals surface area contributed by atoms with Crippen molar-refractivity contribution in [2.45, 2.75) is 37.1 Å². The van der Waals surface area contributed by atoms with Crippen LogP contribution in [0.15, 0.2) is 71.5 Å². The standard InChI is InChI=1S/C28H31BrN2O4/c1-4-31(5-2)17-21-24(18-9-7-6-8-10-18)28(19-11-13-20(29)14-12-19)27(33,26(21)32)25-22(34-3)15-30-16-23(25)35-28/h6-16,21,24,26,32-33H,4-5,17H2,1-3H3/t21-,24-,26-,27+,28+/m1/s1. The quantitative estimate of drug-likeness (QED) is 0.463. The van der Waals surface area contributed by atoms with E-state index in [1.807, 2.05) is 42.5 Å². The van der Waals surface area contributed by atoms with Gasteiger partial charge >= 0.3 is 0 Å². The minimum absolute atomic E-state index is 0.308. The smallest absolute Gasteiger partial charge is 0.177 e. The predicted octanol–water partition coefficient (Wildman–Crippen LogP) is 4.44. The summed E-state index contributed by atoms with van der Waals surface area (Å²) in [4.78, 5) is 6.57. The van der Waals surface area contributed by atoms with Gasteiger partial charge in [-0.15, -0.1) is 0 Å². The topological polar surface area (TPSA) is 75.1 Å². The van der Waals surface area contributed by atoms with Crippen LogP contribution >= 0.6 is 15.9 Å². The van der Waals surface area contributed by atoms with Gasteiger partial charge in [0, 0.05) is 22.9 Å². The van der Waals surface area contributed by atoms with E-state index in [0.717, 1.165) is 28.7 Å². The third-order valence-electron chi connectivity index (χ3n) is 7.81. The number of aliphatic hydroxyl groups excluding tert-OH is 1. The molecule has 6 nitrogen and oxygen atoms in total. The van der Waals surface area contributed by atoms with Crippen molar-refractivity contribution in [1.82, 2.24) is 9.88 Å². The van der Waals surface area contributed by atoms with Gasteiger partial charge in [0.15, 0.2) is 11.2 Å². The van der Waals surface area contributed by atoms with Gasteiger partial charge in [-0.25, -0.2) is 0 Å². The zero-order valence-electron chi connectivity index (χ0n) is 20.2. The zero-order valence-corrected chi connectivity index (χ0v) is 21.8. The molecule has 0 unspecified atom stereocenters. The van der Waals surface area contributed by atoms with E-state index >= 15 is 0 Å². The highest BCUT2D eigenvalue weighted by Crippen LogP contribution is 2.69. The number of benzene rings is 2. The maximum Gasteiger partial charge on any atom is 0.177 e. The number of rotatable bonds is 7. The normalized spacial score (nSPS) is 29.1. The fraction of sp³-hybridized carbons (Fsp3) is 0.393. The molecule has 1 aromatic heterocycles. The Labute approximate surface area is 214 Å². The van der Waals surface area contributed by atoms with Crippen LogP contribution in [0.2, 0.25) is 0 Å². The number of aromatic nitrogens is 1. The highest BCUT2D eigenvalue weighted by atomic mass is 79.9. The van der Waals surface area contributed by atoms with Gasteiger partial charge in [-0.05, 0) is 36.3 Å². The van der Waals surface area contributed by atoms with Crippen LogP contribution in [-0.2, 0) is 11.2 Å². The Balaban J connectivity index is 1.83. The van der Waals surface area contributed by atoms with Crippen LogP contribution in [0.3, 0.4) is 0 Å². The Morgan fingerprint density at radius 3 is 2.37 bits per heavy atom. The minimum Gasteiger partial charge on any atom is -0.495 e. The van der Waals surface area contributed by atoms with E-state index in [9.17, 15) is 10.2 Å². The summed E-state index contributed by atoms with van der Waals surface area (Å²) in [7, 11) is 1.55. The Bertz CT molecular complexity index is 1190. The first kappa shape index (κ1) is 24.3. The predicted molar refractivity (Wildman–Crippen MR) is 138 cm³/mol. The van der Waals surface area contributed by atoms with Crippen molar-refractivity contribution >= 4 is 15.9 Å². The van der Waals surface area contributed by atoms with Crippen LogP contribution in [0.4, 0.5) is 0 Å². The van der Waals surface area contributed by atoms with Crippen molar-refractivity contribution in [2.75, 3.05) is 26.7 Å². The van der Waals surface area contributed by atoms with Gasteiger partial charge in [0.05, 0.1) is 31.2 Å². The van der Waals surface area contributed by atoms with E-state index in [4.69, 9.17) is 9.47 Å². The zero-order chi connectivity index (χ0) is 24.8. The first-order valence-corrected chi connectivity index (χ1v) is 12.9. The summed E-state index contributed by atoms with van der Waals surface area (Å²) in [6, 6.07) is 17.9. The van der Waals surface area contributed by atoms with E-state index in [2.05, 4.69) is 51.8 Å². The second kappa shape index (κ2) is 9.21. The molecule has 5 rings (SSSR count). The van der Waals surface area contributed by atoms with E-state index in [1.54, 1.807) is 19.5 Å². The molecule has 35 heavy (non-hydrogen) atoms. The Hall–Kier alpha value is -2.45. The summed E-state index contributed by atoms with van der Waals surface area (Å²) < 4.78 is 13.4. The number of hydrogen-bond donors (Lipinski definition) is 2. The lowest BCUT2D eigenvalue weighted by Crippen LogP contribution is -2.52. The Morgan fingerprint density at radius 1 is 1.06 bits per heavy atom. The molecule has 0 amide bonds. The molecule has 1 aliphatic heterocycles.